The van der Waals surface area contributed by atoms with Gasteiger partial charge in [0.15, 0.2) is 0 Å². The van der Waals surface area contributed by atoms with Gasteiger partial charge in [0.1, 0.15) is 0 Å². The highest BCUT2D eigenvalue weighted by molar-refractivity contribution is 5.94. The first kappa shape index (κ1) is 20.9. The molecular weight excluding hydrogens is 416 g/mol. The van der Waals surface area contributed by atoms with Crippen molar-refractivity contribution in [2.45, 2.75) is 25.7 Å². The van der Waals surface area contributed by atoms with Gasteiger partial charge in [0.25, 0.3) is 11.5 Å². The molecule has 1 amide bonds. The molecule has 33 heavy (non-hydrogen) atoms. The maximum absolute atomic E-state index is 13.1. The Morgan fingerprint density at radius 3 is 2.42 bits per heavy atom. The smallest absolute Gasteiger partial charge is 0.255 e. The first-order chi connectivity index (χ1) is 16.1. The van der Waals surface area contributed by atoms with Crippen LogP contribution in [0.15, 0.2) is 82.2 Å². The molecule has 0 atom stereocenters. The zero-order valence-corrected chi connectivity index (χ0v) is 18.3. The SMILES string of the molecule is Cc1ccc(-c2noc(C3CCN(C(=O)c4ccc(=O)n(-c5ccccc5)c4)CC3)n2)cc1. The lowest BCUT2D eigenvalue weighted by Gasteiger charge is -2.30. The van der Waals surface area contributed by atoms with Crippen molar-refractivity contribution in [2.24, 2.45) is 0 Å². The van der Waals surface area contributed by atoms with Crippen molar-refractivity contribution in [1.82, 2.24) is 19.6 Å². The first-order valence-corrected chi connectivity index (χ1v) is 11.1. The molecular formula is C26H24N4O3. The Kier molecular flexibility index (Phi) is 5.60. The van der Waals surface area contributed by atoms with E-state index in [9.17, 15) is 9.59 Å². The second-order valence-corrected chi connectivity index (χ2v) is 8.35. The molecule has 0 bridgehead atoms. The standard InChI is InChI=1S/C26H24N4O3/c1-18-7-9-19(10-8-18)24-27-25(33-28-24)20-13-15-29(16-14-20)26(32)21-11-12-23(31)30(17-21)22-5-3-2-4-6-22/h2-12,17,20H,13-16H2,1H3. The van der Waals surface area contributed by atoms with Gasteiger partial charge in [-0.3, -0.25) is 14.2 Å². The number of rotatable bonds is 4. The summed E-state index contributed by atoms with van der Waals surface area (Å²) in [4.78, 5) is 31.8. The summed E-state index contributed by atoms with van der Waals surface area (Å²) in [5.41, 5.74) is 3.17. The molecule has 2 aromatic heterocycles. The number of pyridine rings is 1. The average Bonchev–Trinajstić information content (AvgIpc) is 3.35. The van der Waals surface area contributed by atoms with Gasteiger partial charge in [-0.2, -0.15) is 4.98 Å². The fourth-order valence-electron chi connectivity index (χ4n) is 4.14. The zero-order chi connectivity index (χ0) is 22.8. The number of carbonyl (C=O) groups is 1. The van der Waals surface area contributed by atoms with Crippen LogP contribution in [0.4, 0.5) is 0 Å². The molecule has 1 aliphatic heterocycles. The van der Waals surface area contributed by atoms with Crippen LogP contribution in [0.25, 0.3) is 17.1 Å². The van der Waals surface area contributed by atoms with E-state index in [1.165, 1.54) is 16.2 Å². The zero-order valence-electron chi connectivity index (χ0n) is 18.3. The van der Waals surface area contributed by atoms with Gasteiger partial charge < -0.3 is 9.42 Å². The molecule has 0 radical (unpaired) electrons. The summed E-state index contributed by atoms with van der Waals surface area (Å²) in [6, 6.07) is 20.4. The highest BCUT2D eigenvalue weighted by Gasteiger charge is 2.28. The summed E-state index contributed by atoms with van der Waals surface area (Å²) in [5, 5.41) is 4.14. The van der Waals surface area contributed by atoms with E-state index in [2.05, 4.69) is 10.1 Å². The fourth-order valence-corrected chi connectivity index (χ4v) is 4.14. The third kappa shape index (κ3) is 4.35. The minimum Gasteiger partial charge on any atom is -0.339 e. The molecule has 4 aromatic rings. The van der Waals surface area contributed by atoms with Crippen molar-refractivity contribution in [2.75, 3.05) is 13.1 Å². The molecule has 1 saturated heterocycles. The van der Waals surface area contributed by atoms with Crippen LogP contribution in [0.3, 0.4) is 0 Å². The number of aryl methyl sites for hydroxylation is 1. The van der Waals surface area contributed by atoms with Gasteiger partial charge in [0.05, 0.1) is 5.56 Å². The monoisotopic (exact) mass is 440 g/mol. The first-order valence-electron chi connectivity index (χ1n) is 11.1. The third-order valence-corrected chi connectivity index (χ3v) is 6.08. The maximum atomic E-state index is 13.1. The van der Waals surface area contributed by atoms with Crippen LogP contribution >= 0.6 is 0 Å². The minimum absolute atomic E-state index is 0.0796. The molecule has 0 aliphatic carbocycles. The van der Waals surface area contributed by atoms with Gasteiger partial charge in [0, 0.05) is 42.5 Å². The molecule has 0 unspecified atom stereocenters. The average molecular weight is 441 g/mol. The van der Waals surface area contributed by atoms with Gasteiger partial charge in [0.2, 0.25) is 11.7 Å². The van der Waals surface area contributed by atoms with E-state index in [1.54, 1.807) is 12.3 Å². The number of nitrogens with zero attached hydrogens (tertiary/aromatic N) is 4. The molecule has 166 valence electrons. The Hall–Kier alpha value is -4.00. The normalized spacial score (nSPS) is 14.4. The van der Waals surface area contributed by atoms with Crippen LogP contribution in [0, 0.1) is 6.92 Å². The number of benzene rings is 2. The maximum Gasteiger partial charge on any atom is 0.255 e. The summed E-state index contributed by atoms with van der Waals surface area (Å²) in [5.74, 6) is 1.25. The lowest BCUT2D eigenvalue weighted by atomic mass is 9.96. The van der Waals surface area contributed by atoms with Crippen molar-refractivity contribution in [1.29, 1.82) is 0 Å². The molecule has 0 spiro atoms. The highest BCUT2D eigenvalue weighted by atomic mass is 16.5. The van der Waals surface area contributed by atoms with E-state index in [0.29, 0.717) is 30.4 Å². The van der Waals surface area contributed by atoms with E-state index in [1.807, 2.05) is 66.4 Å². The Labute approximate surface area is 191 Å². The molecule has 2 aromatic carbocycles. The fraction of sp³-hybridized carbons (Fsp3) is 0.231. The summed E-state index contributed by atoms with van der Waals surface area (Å²) in [6.07, 6.45) is 3.12. The number of para-hydroxylation sites is 1. The predicted octanol–water partition coefficient (Wildman–Crippen LogP) is 4.22. The third-order valence-electron chi connectivity index (χ3n) is 6.08. The van der Waals surface area contributed by atoms with Crippen LogP contribution < -0.4 is 5.56 Å². The van der Waals surface area contributed by atoms with E-state index in [0.717, 1.165) is 24.1 Å². The van der Waals surface area contributed by atoms with Crippen molar-refractivity contribution in [3.63, 3.8) is 0 Å². The molecule has 0 N–H and O–H groups in total. The van der Waals surface area contributed by atoms with Crippen LogP contribution in [-0.2, 0) is 0 Å². The Morgan fingerprint density at radius 1 is 0.970 bits per heavy atom. The Balaban J connectivity index is 1.27. The summed E-state index contributed by atoms with van der Waals surface area (Å²) in [6.45, 7) is 3.23. The molecule has 7 heteroatoms. The quantitative estimate of drug-likeness (QED) is 0.475. The number of hydrogen-bond donors (Lipinski definition) is 0. The van der Waals surface area contributed by atoms with Crippen molar-refractivity contribution in [3.8, 4) is 17.1 Å². The molecule has 1 aliphatic rings. The molecule has 3 heterocycles. The lowest BCUT2D eigenvalue weighted by molar-refractivity contribution is 0.0704. The topological polar surface area (TPSA) is 81.2 Å². The van der Waals surface area contributed by atoms with E-state index < -0.39 is 0 Å². The van der Waals surface area contributed by atoms with E-state index >= 15 is 0 Å². The lowest BCUT2D eigenvalue weighted by Crippen LogP contribution is -2.38. The number of carbonyl (C=O) groups excluding carboxylic acids is 1. The van der Waals surface area contributed by atoms with Gasteiger partial charge in [-0.1, -0.05) is 53.2 Å². The summed E-state index contributed by atoms with van der Waals surface area (Å²) in [7, 11) is 0. The number of hydrogen-bond acceptors (Lipinski definition) is 5. The van der Waals surface area contributed by atoms with Crippen LogP contribution in [0.2, 0.25) is 0 Å². The number of aromatic nitrogens is 3. The van der Waals surface area contributed by atoms with Crippen LogP contribution in [0.5, 0.6) is 0 Å². The van der Waals surface area contributed by atoms with Gasteiger partial charge in [-0.25, -0.2) is 0 Å². The number of piperidine rings is 1. The van der Waals surface area contributed by atoms with Crippen LogP contribution in [0.1, 0.15) is 40.6 Å². The van der Waals surface area contributed by atoms with Gasteiger partial charge in [-0.15, -0.1) is 0 Å². The summed E-state index contributed by atoms with van der Waals surface area (Å²) < 4.78 is 7.05. The predicted molar refractivity (Wildman–Crippen MR) is 124 cm³/mol. The Bertz CT molecular complexity index is 1320. The molecule has 1 fully saturated rings. The minimum atomic E-state index is -0.169. The number of amides is 1. The number of likely N-dealkylation sites (tertiary alicyclic amines) is 1. The van der Waals surface area contributed by atoms with Gasteiger partial charge >= 0.3 is 0 Å². The van der Waals surface area contributed by atoms with Crippen molar-refractivity contribution in [3.05, 3.63) is 100 Å². The van der Waals surface area contributed by atoms with E-state index in [4.69, 9.17) is 4.52 Å². The van der Waals surface area contributed by atoms with Crippen molar-refractivity contribution >= 4 is 5.91 Å². The van der Waals surface area contributed by atoms with E-state index in [-0.39, 0.29) is 17.4 Å². The molecule has 0 saturated carbocycles. The van der Waals surface area contributed by atoms with Crippen LogP contribution in [-0.4, -0.2) is 38.6 Å². The second kappa shape index (κ2) is 8.86. The molecule has 7 nitrogen and oxygen atoms in total. The highest BCUT2D eigenvalue weighted by Crippen LogP contribution is 2.29. The second-order valence-electron chi connectivity index (χ2n) is 8.35. The van der Waals surface area contributed by atoms with Crippen molar-refractivity contribution < 1.29 is 9.32 Å². The molecule has 5 rings (SSSR count). The Morgan fingerprint density at radius 2 is 1.70 bits per heavy atom. The largest absolute Gasteiger partial charge is 0.339 e. The summed E-state index contributed by atoms with van der Waals surface area (Å²) >= 11 is 0. The van der Waals surface area contributed by atoms with Gasteiger partial charge in [-0.05, 0) is 38.0 Å².